The van der Waals surface area contributed by atoms with Crippen molar-refractivity contribution in [3.8, 4) is 0 Å². The summed E-state index contributed by atoms with van der Waals surface area (Å²) in [6.07, 6.45) is 1.63. The molecule has 0 N–H and O–H groups in total. The first-order valence-electron chi connectivity index (χ1n) is 9.11. The molecule has 26 heavy (non-hydrogen) atoms. The van der Waals surface area contributed by atoms with Crippen LogP contribution < -0.4 is 0 Å². The number of carbonyl (C=O) groups excluding carboxylic acids is 2. The van der Waals surface area contributed by atoms with Crippen LogP contribution in [0.15, 0.2) is 20.8 Å². The van der Waals surface area contributed by atoms with E-state index in [0.29, 0.717) is 32.9 Å². The lowest BCUT2D eigenvalue weighted by Gasteiger charge is -2.36. The number of fused-ring (bicyclic) bond motifs is 2. The van der Waals surface area contributed by atoms with E-state index in [1.807, 2.05) is 0 Å². The predicted molar refractivity (Wildman–Crippen MR) is 95.1 cm³/mol. The maximum atomic E-state index is 13.1. The maximum absolute atomic E-state index is 13.1. The van der Waals surface area contributed by atoms with Crippen molar-refractivity contribution in [2.24, 2.45) is 16.3 Å². The minimum atomic E-state index is -0.320. The van der Waals surface area contributed by atoms with E-state index >= 15 is 0 Å². The number of hydrogen-bond donors (Lipinski definition) is 0. The molecule has 0 saturated carbocycles. The zero-order valence-electron chi connectivity index (χ0n) is 15.1. The summed E-state index contributed by atoms with van der Waals surface area (Å²) in [5.74, 6) is -0.548. The van der Waals surface area contributed by atoms with Gasteiger partial charge in [-0.15, -0.1) is 0 Å². The maximum Gasteiger partial charge on any atom is 0.254 e. The number of carbonyl (C=O) groups is 2. The monoisotopic (exact) mass is 380 g/mol. The lowest BCUT2D eigenvalue weighted by molar-refractivity contribution is -0.146. The molecule has 8 nitrogen and oxygen atoms in total. The number of ether oxygens (including phenoxy) is 2. The third kappa shape index (κ3) is 3.16. The van der Waals surface area contributed by atoms with Crippen LogP contribution in [0.25, 0.3) is 0 Å². The predicted octanol–water partition coefficient (Wildman–Crippen LogP) is 1.59. The third-order valence-electron chi connectivity index (χ3n) is 5.59. The normalized spacial score (nSPS) is 34.2. The first-order valence-corrected chi connectivity index (χ1v) is 9.99. The van der Waals surface area contributed by atoms with Crippen LogP contribution in [-0.2, 0) is 19.1 Å². The number of thioether (sulfide) groups is 1. The highest BCUT2D eigenvalue weighted by Gasteiger charge is 2.49. The minimum absolute atomic E-state index is 0.0552. The van der Waals surface area contributed by atoms with Gasteiger partial charge in [-0.05, 0) is 25.3 Å². The van der Waals surface area contributed by atoms with Gasteiger partial charge < -0.3 is 14.4 Å². The topological polar surface area (TPSA) is 83.8 Å². The molecule has 4 rings (SSSR count). The standard InChI is InChI=1S/C17H24N4O4S/c1-3-17(2)8-11-12(10-25-17)26-15-14(11)16(23)21(19-18-15)9-13(22)20-4-6-24-7-5-20/h14-15H,3-10H2,1-2H3/t14-,15+,17+/m1/s1. The number of amides is 2. The number of morpholine rings is 1. The van der Waals surface area contributed by atoms with E-state index in [1.54, 1.807) is 16.7 Å². The van der Waals surface area contributed by atoms with Crippen molar-refractivity contribution in [2.75, 3.05) is 39.5 Å². The Morgan fingerprint density at radius 2 is 2.15 bits per heavy atom. The Kier molecular flexibility index (Phi) is 4.79. The van der Waals surface area contributed by atoms with Crippen LogP contribution in [0.4, 0.5) is 0 Å². The van der Waals surface area contributed by atoms with Crippen molar-refractivity contribution in [1.82, 2.24) is 9.91 Å². The van der Waals surface area contributed by atoms with E-state index in [0.717, 1.165) is 23.3 Å². The molecule has 0 radical (unpaired) electrons. The molecule has 0 aromatic heterocycles. The Morgan fingerprint density at radius 3 is 2.88 bits per heavy atom. The first-order chi connectivity index (χ1) is 12.5. The van der Waals surface area contributed by atoms with Gasteiger partial charge in [0.1, 0.15) is 11.9 Å². The molecule has 0 unspecified atom stereocenters. The summed E-state index contributed by atoms with van der Waals surface area (Å²) in [5, 5.41) is 9.39. The number of rotatable bonds is 3. The van der Waals surface area contributed by atoms with Gasteiger partial charge in [0.15, 0.2) is 0 Å². The summed E-state index contributed by atoms with van der Waals surface area (Å²) >= 11 is 1.58. The molecule has 3 atom stereocenters. The molecule has 2 amide bonds. The second kappa shape index (κ2) is 6.94. The highest BCUT2D eigenvalue weighted by molar-refractivity contribution is 8.04. The molecule has 1 saturated heterocycles. The molecule has 142 valence electrons. The van der Waals surface area contributed by atoms with Crippen molar-refractivity contribution in [3.05, 3.63) is 10.5 Å². The first kappa shape index (κ1) is 17.9. The average Bonchev–Trinajstić information content (AvgIpc) is 3.03. The molecule has 4 heterocycles. The molecule has 0 aromatic carbocycles. The highest BCUT2D eigenvalue weighted by atomic mass is 32.2. The average molecular weight is 380 g/mol. The Bertz CT molecular complexity index is 676. The van der Waals surface area contributed by atoms with E-state index in [2.05, 4.69) is 24.2 Å². The summed E-state index contributed by atoms with van der Waals surface area (Å²) < 4.78 is 11.3. The second-order valence-corrected chi connectivity index (χ2v) is 8.51. The van der Waals surface area contributed by atoms with Crippen molar-refractivity contribution in [3.63, 3.8) is 0 Å². The highest BCUT2D eigenvalue weighted by Crippen LogP contribution is 2.51. The second-order valence-electron chi connectivity index (χ2n) is 7.30. The summed E-state index contributed by atoms with van der Waals surface area (Å²) in [6, 6.07) is 0. The summed E-state index contributed by atoms with van der Waals surface area (Å²) in [4.78, 5) is 28.4. The van der Waals surface area contributed by atoms with Crippen LogP contribution in [0.5, 0.6) is 0 Å². The largest absolute Gasteiger partial charge is 0.378 e. The minimum Gasteiger partial charge on any atom is -0.378 e. The van der Waals surface area contributed by atoms with Gasteiger partial charge >= 0.3 is 0 Å². The van der Waals surface area contributed by atoms with E-state index in [1.165, 1.54) is 5.01 Å². The fourth-order valence-electron chi connectivity index (χ4n) is 3.72. The smallest absolute Gasteiger partial charge is 0.254 e. The zero-order chi connectivity index (χ0) is 18.3. The molecule has 0 aromatic rings. The fraction of sp³-hybridized carbons (Fsp3) is 0.765. The van der Waals surface area contributed by atoms with E-state index < -0.39 is 0 Å². The van der Waals surface area contributed by atoms with Crippen LogP contribution in [0.2, 0.25) is 0 Å². The molecule has 0 bridgehead atoms. The van der Waals surface area contributed by atoms with Crippen LogP contribution in [0, 0.1) is 5.92 Å². The molecule has 1 fully saturated rings. The molecule has 4 aliphatic rings. The Hall–Kier alpha value is -1.45. The lowest BCUT2D eigenvalue weighted by atomic mass is 9.84. The van der Waals surface area contributed by atoms with E-state index in [9.17, 15) is 9.59 Å². The SMILES string of the molecule is CC[C@@]1(C)CC2=C(CO1)S[C@@H]1N=NN(CC(=O)N3CCOCC3)C(=O)[C@H]21. The lowest BCUT2D eigenvalue weighted by Crippen LogP contribution is -2.48. The molecule has 0 aliphatic carbocycles. The van der Waals surface area contributed by atoms with Crippen molar-refractivity contribution in [2.45, 2.75) is 37.7 Å². The van der Waals surface area contributed by atoms with Gasteiger partial charge in [-0.3, -0.25) is 9.59 Å². The van der Waals surface area contributed by atoms with Crippen LogP contribution in [-0.4, -0.2) is 72.2 Å². The van der Waals surface area contributed by atoms with Gasteiger partial charge in [-0.2, -0.15) is 5.11 Å². The van der Waals surface area contributed by atoms with Crippen molar-refractivity contribution >= 4 is 23.6 Å². The van der Waals surface area contributed by atoms with E-state index in [-0.39, 0.29) is 35.3 Å². The number of hydrogen-bond acceptors (Lipinski definition) is 7. The Labute approximate surface area is 156 Å². The quantitative estimate of drug-likeness (QED) is 0.742. The van der Waals surface area contributed by atoms with Gasteiger partial charge in [-0.1, -0.05) is 23.9 Å². The zero-order valence-corrected chi connectivity index (χ0v) is 16.0. The Balaban J connectivity index is 1.48. The Morgan fingerprint density at radius 1 is 1.38 bits per heavy atom. The van der Waals surface area contributed by atoms with Crippen LogP contribution in [0.1, 0.15) is 26.7 Å². The molecule has 9 heteroatoms. The van der Waals surface area contributed by atoms with Crippen LogP contribution in [0.3, 0.4) is 0 Å². The van der Waals surface area contributed by atoms with Gasteiger partial charge in [0.05, 0.1) is 31.3 Å². The molecule has 0 spiro atoms. The summed E-state index contributed by atoms with van der Waals surface area (Å²) in [7, 11) is 0. The molecular formula is C17H24N4O4S. The van der Waals surface area contributed by atoms with Crippen molar-refractivity contribution in [1.29, 1.82) is 0 Å². The van der Waals surface area contributed by atoms with Gasteiger partial charge in [0.2, 0.25) is 5.91 Å². The van der Waals surface area contributed by atoms with Gasteiger partial charge in [0, 0.05) is 18.0 Å². The fourth-order valence-corrected chi connectivity index (χ4v) is 5.00. The van der Waals surface area contributed by atoms with Crippen molar-refractivity contribution < 1.29 is 19.1 Å². The van der Waals surface area contributed by atoms with Gasteiger partial charge in [-0.25, -0.2) is 5.01 Å². The van der Waals surface area contributed by atoms with E-state index in [4.69, 9.17) is 9.47 Å². The summed E-state index contributed by atoms with van der Waals surface area (Å²) in [6.45, 7) is 6.85. The molecule has 4 aliphatic heterocycles. The molecular weight excluding hydrogens is 356 g/mol. The number of nitrogens with zero attached hydrogens (tertiary/aromatic N) is 4. The van der Waals surface area contributed by atoms with Gasteiger partial charge in [0.25, 0.3) is 5.91 Å². The third-order valence-corrected chi connectivity index (χ3v) is 6.86. The van der Waals surface area contributed by atoms with Crippen LogP contribution >= 0.6 is 11.8 Å². The summed E-state index contributed by atoms with van der Waals surface area (Å²) in [5.41, 5.74) is 0.889.